The maximum Gasteiger partial charge on any atom is 0.306 e. The summed E-state index contributed by atoms with van der Waals surface area (Å²) >= 11 is 5.95. The lowest BCUT2D eigenvalue weighted by atomic mass is 9.44. The van der Waals surface area contributed by atoms with E-state index in [-0.39, 0.29) is 19.3 Å². The third-order valence-electron chi connectivity index (χ3n) is 9.35. The lowest BCUT2D eigenvalue weighted by Crippen LogP contribution is -2.71. The predicted octanol–water partition coefficient (Wildman–Crippen LogP) is 4.35. The molecule has 4 rings (SSSR count). The second-order valence-corrected chi connectivity index (χ2v) is 11.0. The van der Waals surface area contributed by atoms with Gasteiger partial charge in [-0.2, -0.15) is 0 Å². The monoisotopic (exact) mass is 502 g/mol. The van der Waals surface area contributed by atoms with Gasteiger partial charge in [-0.3, -0.25) is 14.4 Å². The molecule has 188 valence electrons. The van der Waals surface area contributed by atoms with Crippen LogP contribution in [0.15, 0.2) is 23.6 Å². The van der Waals surface area contributed by atoms with Crippen LogP contribution in [0.2, 0.25) is 0 Å². The maximum atomic E-state index is 17.2. The first kappa shape index (κ1) is 25.4. The number of carbonyl (C=O) groups is 3. The Bertz CT molecular complexity index is 1010. The topological polar surface area (TPSA) is 80.7 Å². The van der Waals surface area contributed by atoms with E-state index >= 15 is 8.78 Å². The highest BCUT2D eigenvalue weighted by Gasteiger charge is 2.78. The second kappa shape index (κ2) is 7.92. The SMILES string of the molecule is CCC(=O)O[C@@]1(C(=O)CCl)[C@@H](C)C[C@H]2[C@@H]3C[C@H](F)C4=C(F)C(=O)C=C[C@]4(C)[C@@]3(F)[C@@H](O)C[C@@]21C. The first-order valence-corrected chi connectivity index (χ1v) is 12.3. The summed E-state index contributed by atoms with van der Waals surface area (Å²) < 4.78 is 53.3. The van der Waals surface area contributed by atoms with Crippen molar-refractivity contribution in [3.05, 3.63) is 23.6 Å². The molecule has 1 N–H and O–H groups in total. The molecule has 0 aliphatic heterocycles. The van der Waals surface area contributed by atoms with Gasteiger partial charge in [0.15, 0.2) is 22.9 Å². The van der Waals surface area contributed by atoms with Gasteiger partial charge in [0.2, 0.25) is 5.78 Å². The van der Waals surface area contributed by atoms with Crippen molar-refractivity contribution in [2.45, 2.75) is 76.9 Å². The molecule has 0 amide bonds. The molecule has 3 fully saturated rings. The fourth-order valence-electron chi connectivity index (χ4n) is 7.84. The van der Waals surface area contributed by atoms with Gasteiger partial charge in [-0.25, -0.2) is 13.2 Å². The van der Waals surface area contributed by atoms with Crippen LogP contribution in [0.3, 0.4) is 0 Å². The normalized spacial score (nSPS) is 47.7. The van der Waals surface area contributed by atoms with Crippen molar-refractivity contribution in [2.75, 3.05) is 5.88 Å². The number of carbonyl (C=O) groups excluding carboxylic acids is 3. The predicted molar refractivity (Wildman–Crippen MR) is 118 cm³/mol. The zero-order valence-electron chi connectivity index (χ0n) is 19.7. The number of ketones is 2. The number of ether oxygens (including phenoxy) is 1. The molecule has 0 aromatic heterocycles. The van der Waals surface area contributed by atoms with Gasteiger partial charge < -0.3 is 9.84 Å². The Morgan fingerprint density at radius 3 is 2.50 bits per heavy atom. The molecule has 5 nitrogen and oxygen atoms in total. The summed E-state index contributed by atoms with van der Waals surface area (Å²) in [6.45, 7) is 6.27. The average molecular weight is 503 g/mol. The molecule has 0 unspecified atom stereocenters. The number of fused-ring (bicyclic) bond motifs is 5. The zero-order valence-corrected chi connectivity index (χ0v) is 20.4. The van der Waals surface area contributed by atoms with Crippen molar-refractivity contribution >= 4 is 29.1 Å². The maximum absolute atomic E-state index is 17.2. The Kier molecular flexibility index (Phi) is 5.92. The number of aliphatic hydroxyl groups excluding tert-OH is 1. The number of Topliss-reactive ketones (excluding diaryl/α,β-unsaturated/α-hetero) is 1. The van der Waals surface area contributed by atoms with Crippen molar-refractivity contribution in [2.24, 2.45) is 28.6 Å². The first-order chi connectivity index (χ1) is 15.8. The van der Waals surface area contributed by atoms with E-state index in [4.69, 9.17) is 16.3 Å². The minimum Gasteiger partial charge on any atom is -0.450 e. The van der Waals surface area contributed by atoms with E-state index in [1.165, 1.54) is 6.92 Å². The van der Waals surface area contributed by atoms with Gasteiger partial charge >= 0.3 is 5.97 Å². The van der Waals surface area contributed by atoms with E-state index in [1.54, 1.807) is 20.8 Å². The molecule has 0 saturated heterocycles. The van der Waals surface area contributed by atoms with Gasteiger partial charge in [0.25, 0.3) is 0 Å². The molecule has 0 aromatic rings. The molecule has 9 heteroatoms. The zero-order chi connectivity index (χ0) is 25.4. The Hall–Kier alpha value is -1.67. The molecule has 0 bridgehead atoms. The van der Waals surface area contributed by atoms with Crippen molar-refractivity contribution in [1.29, 1.82) is 0 Å². The largest absolute Gasteiger partial charge is 0.450 e. The van der Waals surface area contributed by atoms with Crippen LogP contribution >= 0.6 is 11.6 Å². The Labute approximate surface area is 201 Å². The molecule has 0 radical (unpaired) electrons. The highest BCUT2D eigenvalue weighted by molar-refractivity contribution is 6.29. The molecule has 4 aliphatic carbocycles. The molecule has 0 spiro atoms. The van der Waals surface area contributed by atoms with Crippen LogP contribution in [-0.4, -0.2) is 52.1 Å². The number of halogens is 4. The summed E-state index contributed by atoms with van der Waals surface area (Å²) in [7, 11) is 0. The van der Waals surface area contributed by atoms with E-state index in [0.29, 0.717) is 0 Å². The highest BCUT2D eigenvalue weighted by Crippen LogP contribution is 2.72. The summed E-state index contributed by atoms with van der Waals surface area (Å²) in [5.41, 5.74) is -7.90. The molecule has 34 heavy (non-hydrogen) atoms. The Morgan fingerprint density at radius 1 is 1.26 bits per heavy atom. The van der Waals surface area contributed by atoms with Crippen LogP contribution in [0.25, 0.3) is 0 Å². The van der Waals surface area contributed by atoms with Crippen molar-refractivity contribution in [3.8, 4) is 0 Å². The van der Waals surface area contributed by atoms with Gasteiger partial charge in [-0.1, -0.05) is 26.8 Å². The molecule has 3 saturated carbocycles. The van der Waals surface area contributed by atoms with Crippen molar-refractivity contribution in [3.63, 3.8) is 0 Å². The van der Waals surface area contributed by atoms with Crippen molar-refractivity contribution < 1.29 is 37.4 Å². The lowest BCUT2D eigenvalue weighted by Gasteiger charge is -2.63. The average Bonchev–Trinajstić information content (AvgIpc) is 3.00. The summed E-state index contributed by atoms with van der Waals surface area (Å²) in [5, 5.41) is 11.3. The van der Waals surface area contributed by atoms with Crippen LogP contribution in [0.5, 0.6) is 0 Å². The summed E-state index contributed by atoms with van der Waals surface area (Å²) in [5.74, 6) is -6.32. The van der Waals surface area contributed by atoms with E-state index in [0.717, 1.165) is 12.2 Å². The van der Waals surface area contributed by atoms with Crippen molar-refractivity contribution in [1.82, 2.24) is 0 Å². The number of esters is 1. The molecule has 0 aromatic carbocycles. The molecule has 0 heterocycles. The van der Waals surface area contributed by atoms with Crippen LogP contribution in [0, 0.1) is 28.6 Å². The number of alkyl halides is 3. The van der Waals surface area contributed by atoms with Crippen LogP contribution < -0.4 is 0 Å². The summed E-state index contributed by atoms with van der Waals surface area (Å²) in [6, 6.07) is 0. The summed E-state index contributed by atoms with van der Waals surface area (Å²) in [4.78, 5) is 37.6. The number of hydrogen-bond acceptors (Lipinski definition) is 5. The number of aliphatic hydroxyl groups is 1. The van der Waals surface area contributed by atoms with E-state index in [1.807, 2.05) is 0 Å². The number of hydrogen-bond donors (Lipinski definition) is 1. The van der Waals surface area contributed by atoms with Gasteiger partial charge in [0.1, 0.15) is 6.17 Å². The third kappa shape index (κ3) is 2.81. The van der Waals surface area contributed by atoms with Gasteiger partial charge in [0, 0.05) is 34.7 Å². The Balaban J connectivity index is 1.90. The van der Waals surface area contributed by atoms with Gasteiger partial charge in [-0.15, -0.1) is 11.6 Å². The Morgan fingerprint density at radius 2 is 1.91 bits per heavy atom. The second-order valence-electron chi connectivity index (χ2n) is 10.7. The van der Waals surface area contributed by atoms with Gasteiger partial charge in [0.05, 0.1) is 12.0 Å². The van der Waals surface area contributed by atoms with E-state index in [2.05, 4.69) is 0 Å². The quantitative estimate of drug-likeness (QED) is 0.456. The molecule has 9 atom stereocenters. The number of allylic oxidation sites excluding steroid dienone is 4. The minimum absolute atomic E-state index is 0.000688. The van der Waals surface area contributed by atoms with Crippen LogP contribution in [0.1, 0.15) is 53.4 Å². The van der Waals surface area contributed by atoms with Gasteiger partial charge in [-0.05, 0) is 38.2 Å². The third-order valence-corrected chi connectivity index (χ3v) is 9.59. The minimum atomic E-state index is -2.50. The molecule has 4 aliphatic rings. The lowest BCUT2D eigenvalue weighted by molar-refractivity contribution is -0.230. The van der Waals surface area contributed by atoms with Crippen LogP contribution in [0.4, 0.5) is 13.2 Å². The fourth-order valence-corrected chi connectivity index (χ4v) is 8.03. The van der Waals surface area contributed by atoms with Crippen LogP contribution in [-0.2, 0) is 19.1 Å². The molecular formula is C25H30ClF3O5. The first-order valence-electron chi connectivity index (χ1n) is 11.7. The van der Waals surface area contributed by atoms with E-state index < -0.39 is 93.4 Å². The summed E-state index contributed by atoms with van der Waals surface area (Å²) in [6.07, 6.45) is -2.17. The molecular weight excluding hydrogens is 473 g/mol. The highest BCUT2D eigenvalue weighted by atomic mass is 35.5. The standard InChI is InChI=1S/C25H30ClF3O5/c1-5-19(33)34-25(18(32)11-26)12(2)8-13-14-9-15(27)20-21(28)16(30)6-7-22(20,3)24(14,29)17(31)10-23(13,25)4/h6-7,12-15,17,31H,5,8-11H2,1-4H3/t12-,13-,14-,15-,17-,22-,23-,24-,25+/m0/s1. The fraction of sp³-hybridized carbons (Fsp3) is 0.720. The smallest absolute Gasteiger partial charge is 0.306 e. The van der Waals surface area contributed by atoms with E-state index in [9.17, 15) is 23.9 Å². The number of rotatable bonds is 4.